The van der Waals surface area contributed by atoms with E-state index in [1.165, 1.54) is 27.2 Å². The molecular weight excluding hydrogens is 442 g/mol. The first-order chi connectivity index (χ1) is 16.2. The molecule has 11 nitrogen and oxygen atoms in total. The maximum Gasteiger partial charge on any atom is 0.245 e. The van der Waals surface area contributed by atoms with E-state index in [0.717, 1.165) is 5.56 Å². The summed E-state index contributed by atoms with van der Waals surface area (Å²) in [6.45, 7) is 1.01. The number of anilines is 1. The molecule has 2 amide bonds. The number of hydrogen-bond acceptors (Lipinski definition) is 8. The molecule has 0 spiro atoms. The molecule has 0 saturated carbocycles. The summed E-state index contributed by atoms with van der Waals surface area (Å²) in [7, 11) is 3.04. The maximum atomic E-state index is 12.8. The molecule has 184 valence electrons. The quantitative estimate of drug-likeness (QED) is 0.165. The molecule has 0 saturated heterocycles. The minimum atomic E-state index is -1.44. The van der Waals surface area contributed by atoms with Crippen LogP contribution in [0.2, 0.25) is 0 Å². The Morgan fingerprint density at radius 2 is 1.79 bits per heavy atom. The van der Waals surface area contributed by atoms with Crippen LogP contribution in [-0.4, -0.2) is 66.9 Å². The Kier molecular flexibility index (Phi) is 9.65. The average Bonchev–Trinajstić information content (AvgIpc) is 2.84. The molecule has 3 unspecified atom stereocenters. The molecule has 0 bridgehead atoms. The van der Waals surface area contributed by atoms with Crippen LogP contribution in [0.5, 0.6) is 11.5 Å². The van der Waals surface area contributed by atoms with Crippen molar-refractivity contribution in [2.45, 2.75) is 31.7 Å². The highest BCUT2D eigenvalue weighted by Gasteiger charge is 2.29. The monoisotopic (exact) mass is 473 g/mol. The van der Waals surface area contributed by atoms with Crippen molar-refractivity contribution in [1.29, 1.82) is 5.41 Å². The Hall–Kier alpha value is -3.83. The van der Waals surface area contributed by atoms with E-state index in [0.29, 0.717) is 22.7 Å². The van der Waals surface area contributed by atoms with E-state index in [4.69, 9.17) is 20.6 Å². The van der Waals surface area contributed by atoms with Gasteiger partial charge in [0, 0.05) is 17.8 Å². The van der Waals surface area contributed by atoms with Gasteiger partial charge in [-0.1, -0.05) is 18.2 Å². The van der Waals surface area contributed by atoms with Crippen molar-refractivity contribution in [3.8, 4) is 11.5 Å². The van der Waals surface area contributed by atoms with Gasteiger partial charge in [0.1, 0.15) is 24.0 Å². The summed E-state index contributed by atoms with van der Waals surface area (Å²) >= 11 is 0. The molecule has 2 aromatic carbocycles. The maximum absolute atomic E-state index is 12.8. The van der Waals surface area contributed by atoms with E-state index < -0.39 is 36.6 Å². The minimum absolute atomic E-state index is 0.160. The van der Waals surface area contributed by atoms with Crippen LogP contribution in [0, 0.1) is 5.41 Å². The van der Waals surface area contributed by atoms with Crippen molar-refractivity contribution >= 4 is 23.3 Å². The van der Waals surface area contributed by atoms with Crippen molar-refractivity contribution in [1.82, 2.24) is 10.6 Å². The van der Waals surface area contributed by atoms with E-state index in [-0.39, 0.29) is 12.4 Å². The highest BCUT2D eigenvalue weighted by Crippen LogP contribution is 2.27. The Morgan fingerprint density at radius 1 is 1.09 bits per heavy atom. The zero-order valence-corrected chi connectivity index (χ0v) is 19.3. The lowest BCUT2D eigenvalue weighted by atomic mass is 10.1. The standard InChI is InChI=1S/C23H31N5O6/c1-13(22(31)26-11-14-7-8-18(33-2)19(9-14)34-3)27-23(32)20(17(30)12-29)28-16-6-4-5-15(10-16)21(24)25/h4-10,13,17,20,28-30H,11-12H2,1-3H3,(H3,24,25)(H,26,31)(H,27,32). The number of aliphatic hydroxyl groups is 2. The minimum Gasteiger partial charge on any atom is -0.493 e. The van der Waals surface area contributed by atoms with E-state index in [1.807, 2.05) is 0 Å². The number of nitrogens with one attached hydrogen (secondary N) is 4. The van der Waals surface area contributed by atoms with Gasteiger partial charge in [0.05, 0.1) is 20.8 Å². The molecule has 0 heterocycles. The fourth-order valence-corrected chi connectivity index (χ4v) is 3.10. The largest absolute Gasteiger partial charge is 0.493 e. The molecule has 0 fully saturated rings. The van der Waals surface area contributed by atoms with Gasteiger partial charge in [-0.25, -0.2) is 0 Å². The molecule has 0 aliphatic carbocycles. The molecule has 11 heteroatoms. The number of nitrogen functional groups attached to an aromatic ring is 1. The summed E-state index contributed by atoms with van der Waals surface area (Å²) < 4.78 is 10.4. The lowest BCUT2D eigenvalue weighted by Crippen LogP contribution is -2.53. The number of nitrogens with two attached hydrogens (primary N) is 1. The van der Waals surface area contributed by atoms with Gasteiger partial charge in [0.25, 0.3) is 0 Å². The van der Waals surface area contributed by atoms with Crippen molar-refractivity contribution in [3.63, 3.8) is 0 Å². The van der Waals surface area contributed by atoms with E-state index in [2.05, 4.69) is 16.0 Å². The molecule has 0 aromatic heterocycles. The summed E-state index contributed by atoms with van der Waals surface area (Å²) in [5, 5.41) is 35.2. The third-order valence-corrected chi connectivity index (χ3v) is 5.02. The van der Waals surface area contributed by atoms with Gasteiger partial charge < -0.3 is 41.4 Å². The van der Waals surface area contributed by atoms with Gasteiger partial charge in [0.15, 0.2) is 11.5 Å². The fraction of sp³-hybridized carbons (Fsp3) is 0.348. The van der Waals surface area contributed by atoms with Crippen LogP contribution in [0.4, 0.5) is 5.69 Å². The number of carbonyl (C=O) groups is 2. The third kappa shape index (κ3) is 7.09. The second-order valence-electron chi connectivity index (χ2n) is 7.50. The fourth-order valence-electron chi connectivity index (χ4n) is 3.10. The van der Waals surface area contributed by atoms with Crippen LogP contribution >= 0.6 is 0 Å². The molecule has 3 atom stereocenters. The summed E-state index contributed by atoms with van der Waals surface area (Å²) in [4.78, 5) is 25.3. The summed E-state index contributed by atoms with van der Waals surface area (Å²) in [5.41, 5.74) is 7.09. The zero-order chi connectivity index (χ0) is 25.3. The first-order valence-corrected chi connectivity index (χ1v) is 10.5. The predicted octanol–water partition coefficient (Wildman–Crippen LogP) is -0.0573. The highest BCUT2D eigenvalue weighted by atomic mass is 16.5. The number of rotatable bonds is 12. The Labute approximate surface area is 197 Å². The number of hydrogen-bond donors (Lipinski definition) is 7. The van der Waals surface area contributed by atoms with Crippen LogP contribution in [0.25, 0.3) is 0 Å². The smallest absolute Gasteiger partial charge is 0.245 e. The van der Waals surface area contributed by atoms with Gasteiger partial charge in [-0.15, -0.1) is 0 Å². The van der Waals surface area contributed by atoms with Crippen molar-refractivity contribution < 1.29 is 29.3 Å². The second-order valence-corrected chi connectivity index (χ2v) is 7.50. The number of ether oxygens (including phenoxy) is 2. The summed E-state index contributed by atoms with van der Waals surface area (Å²) in [6.07, 6.45) is -1.44. The highest BCUT2D eigenvalue weighted by molar-refractivity contribution is 5.96. The summed E-state index contributed by atoms with van der Waals surface area (Å²) in [6, 6.07) is 9.45. The number of benzene rings is 2. The van der Waals surface area contributed by atoms with Crippen LogP contribution < -0.4 is 31.2 Å². The van der Waals surface area contributed by atoms with Crippen molar-refractivity contribution in [2.75, 3.05) is 26.1 Å². The molecular formula is C23H31N5O6. The Morgan fingerprint density at radius 3 is 2.41 bits per heavy atom. The van der Waals surface area contributed by atoms with Crippen LogP contribution in [0.15, 0.2) is 42.5 Å². The molecule has 2 rings (SSSR count). The van der Waals surface area contributed by atoms with E-state index in [1.54, 1.807) is 36.4 Å². The van der Waals surface area contributed by atoms with Gasteiger partial charge in [-0.05, 0) is 36.8 Å². The van der Waals surface area contributed by atoms with Gasteiger partial charge in [-0.2, -0.15) is 0 Å². The third-order valence-electron chi connectivity index (χ3n) is 5.02. The van der Waals surface area contributed by atoms with Crippen LogP contribution in [0.3, 0.4) is 0 Å². The van der Waals surface area contributed by atoms with E-state index >= 15 is 0 Å². The SMILES string of the molecule is COc1ccc(CNC(=O)C(C)NC(=O)C(Nc2cccc(C(=N)N)c2)C(O)CO)cc1OC. The van der Waals surface area contributed by atoms with E-state index in [9.17, 15) is 19.8 Å². The number of amidine groups is 1. The second kappa shape index (κ2) is 12.4. The first kappa shape index (κ1) is 26.4. The zero-order valence-electron chi connectivity index (χ0n) is 19.3. The number of carbonyl (C=O) groups excluding carboxylic acids is 2. The van der Waals surface area contributed by atoms with Gasteiger partial charge >= 0.3 is 0 Å². The van der Waals surface area contributed by atoms with Crippen molar-refractivity contribution in [2.24, 2.45) is 5.73 Å². The Bertz CT molecular complexity index is 1020. The molecule has 0 aliphatic heterocycles. The summed E-state index contributed by atoms with van der Waals surface area (Å²) in [5.74, 6) is -0.209. The topological polar surface area (TPSA) is 179 Å². The lowest BCUT2D eigenvalue weighted by Gasteiger charge is -2.25. The Balaban J connectivity index is 2.02. The van der Waals surface area contributed by atoms with Gasteiger partial charge in [-0.3, -0.25) is 15.0 Å². The molecule has 8 N–H and O–H groups in total. The van der Waals surface area contributed by atoms with Crippen LogP contribution in [-0.2, 0) is 16.1 Å². The first-order valence-electron chi connectivity index (χ1n) is 10.5. The van der Waals surface area contributed by atoms with Crippen molar-refractivity contribution in [3.05, 3.63) is 53.6 Å². The number of methoxy groups -OCH3 is 2. The lowest BCUT2D eigenvalue weighted by molar-refractivity contribution is -0.130. The average molecular weight is 474 g/mol. The number of amides is 2. The molecule has 2 aromatic rings. The number of aliphatic hydroxyl groups excluding tert-OH is 2. The molecule has 0 aliphatic rings. The normalized spacial score (nSPS) is 13.2. The predicted molar refractivity (Wildman–Crippen MR) is 127 cm³/mol. The molecule has 0 radical (unpaired) electrons. The molecule has 34 heavy (non-hydrogen) atoms. The van der Waals surface area contributed by atoms with Gasteiger partial charge in [0.2, 0.25) is 11.8 Å². The van der Waals surface area contributed by atoms with Crippen LogP contribution in [0.1, 0.15) is 18.1 Å².